The molecule has 0 aliphatic rings. The minimum Gasteiger partial charge on any atom is -0.398 e. The second-order valence-corrected chi connectivity index (χ2v) is 4.63. The molecule has 0 saturated heterocycles. The predicted octanol–water partition coefficient (Wildman–Crippen LogP) is 2.94. The Hall–Kier alpha value is -1.55. The second-order valence-electron chi connectivity index (χ2n) is 4.22. The molecule has 96 valence electrons. The first-order valence-corrected chi connectivity index (χ1v) is 6.45. The van der Waals surface area contributed by atoms with E-state index in [1.165, 1.54) is 0 Å². The minimum absolute atomic E-state index is 0.547. The highest BCUT2D eigenvalue weighted by molar-refractivity contribution is 6.33. The van der Waals surface area contributed by atoms with E-state index < -0.39 is 0 Å². The van der Waals surface area contributed by atoms with Gasteiger partial charge in [0.2, 0.25) is 0 Å². The standard InChI is InChI=1S/C13H17ClN4/c1-4-12-16-13(5-2)18(17-12)11-7-9(14)10(15)6-8(11)3/h6-7H,4-5,15H2,1-3H3. The first-order valence-electron chi connectivity index (χ1n) is 6.07. The van der Waals surface area contributed by atoms with Crippen molar-refractivity contribution in [3.63, 3.8) is 0 Å². The summed E-state index contributed by atoms with van der Waals surface area (Å²) in [6, 6.07) is 3.71. The lowest BCUT2D eigenvalue weighted by molar-refractivity contribution is 0.786. The molecule has 0 atom stereocenters. The van der Waals surface area contributed by atoms with E-state index in [1.54, 1.807) is 0 Å². The van der Waals surface area contributed by atoms with Gasteiger partial charge in [-0.05, 0) is 24.6 Å². The molecule has 1 heterocycles. The molecule has 2 N–H and O–H groups in total. The summed E-state index contributed by atoms with van der Waals surface area (Å²) in [7, 11) is 0. The quantitative estimate of drug-likeness (QED) is 0.867. The first-order chi connectivity index (χ1) is 8.56. The molecule has 18 heavy (non-hydrogen) atoms. The molecule has 0 amide bonds. The van der Waals surface area contributed by atoms with Crippen molar-refractivity contribution in [3.05, 3.63) is 34.4 Å². The van der Waals surface area contributed by atoms with Gasteiger partial charge in [-0.25, -0.2) is 9.67 Å². The lowest BCUT2D eigenvalue weighted by Crippen LogP contribution is -2.05. The van der Waals surface area contributed by atoms with Crippen LogP contribution < -0.4 is 5.73 Å². The zero-order valence-electron chi connectivity index (χ0n) is 10.9. The highest BCUT2D eigenvalue weighted by Gasteiger charge is 2.12. The zero-order valence-corrected chi connectivity index (χ0v) is 11.6. The smallest absolute Gasteiger partial charge is 0.151 e. The van der Waals surface area contributed by atoms with Crippen molar-refractivity contribution in [2.45, 2.75) is 33.6 Å². The molecule has 0 fully saturated rings. The van der Waals surface area contributed by atoms with Gasteiger partial charge >= 0.3 is 0 Å². The molecular weight excluding hydrogens is 248 g/mol. The number of rotatable bonds is 3. The van der Waals surface area contributed by atoms with Gasteiger partial charge in [0, 0.05) is 12.8 Å². The van der Waals surface area contributed by atoms with E-state index >= 15 is 0 Å². The zero-order chi connectivity index (χ0) is 13.3. The van der Waals surface area contributed by atoms with Crippen molar-refractivity contribution in [2.75, 3.05) is 5.73 Å². The average molecular weight is 265 g/mol. The Bertz CT molecular complexity index is 575. The largest absolute Gasteiger partial charge is 0.398 e. The molecule has 0 unspecified atom stereocenters. The number of nitrogen functional groups attached to an aromatic ring is 1. The summed E-state index contributed by atoms with van der Waals surface area (Å²) in [5.74, 6) is 1.79. The van der Waals surface area contributed by atoms with Gasteiger partial charge in [-0.1, -0.05) is 25.4 Å². The van der Waals surface area contributed by atoms with E-state index in [0.717, 1.165) is 35.7 Å². The molecule has 0 aliphatic carbocycles. The molecule has 5 heteroatoms. The summed E-state index contributed by atoms with van der Waals surface area (Å²) in [4.78, 5) is 4.49. The maximum absolute atomic E-state index is 6.09. The number of nitrogens with zero attached hydrogens (tertiary/aromatic N) is 3. The predicted molar refractivity (Wildman–Crippen MR) is 74.3 cm³/mol. The van der Waals surface area contributed by atoms with Crippen LogP contribution in [0.15, 0.2) is 12.1 Å². The van der Waals surface area contributed by atoms with E-state index in [1.807, 2.05) is 30.7 Å². The van der Waals surface area contributed by atoms with Crippen LogP contribution in [0, 0.1) is 6.92 Å². The number of benzene rings is 1. The SMILES string of the molecule is CCc1nc(CC)n(-c2cc(Cl)c(N)cc2C)n1. The van der Waals surface area contributed by atoms with Gasteiger partial charge in [0.05, 0.1) is 16.4 Å². The monoisotopic (exact) mass is 264 g/mol. The Morgan fingerprint density at radius 1 is 1.28 bits per heavy atom. The Morgan fingerprint density at radius 3 is 2.61 bits per heavy atom. The van der Waals surface area contributed by atoms with Gasteiger partial charge in [-0.15, -0.1) is 0 Å². The van der Waals surface area contributed by atoms with Crippen LogP contribution in [0.1, 0.15) is 31.1 Å². The highest BCUT2D eigenvalue weighted by Crippen LogP contribution is 2.26. The third-order valence-electron chi connectivity index (χ3n) is 2.89. The van der Waals surface area contributed by atoms with Crippen LogP contribution in [0.5, 0.6) is 0 Å². The fourth-order valence-electron chi connectivity index (χ4n) is 1.88. The maximum Gasteiger partial charge on any atom is 0.151 e. The lowest BCUT2D eigenvalue weighted by atomic mass is 10.2. The van der Waals surface area contributed by atoms with Gasteiger partial charge in [0.15, 0.2) is 5.82 Å². The van der Waals surface area contributed by atoms with Crippen molar-refractivity contribution in [2.24, 2.45) is 0 Å². The summed E-state index contributed by atoms with van der Waals surface area (Å²) >= 11 is 6.09. The van der Waals surface area contributed by atoms with Crippen molar-refractivity contribution < 1.29 is 0 Å². The van der Waals surface area contributed by atoms with Crippen LogP contribution >= 0.6 is 11.6 Å². The van der Waals surface area contributed by atoms with Gasteiger partial charge < -0.3 is 5.73 Å². The summed E-state index contributed by atoms with van der Waals surface area (Å²) in [5.41, 5.74) is 8.37. The average Bonchev–Trinajstić information content (AvgIpc) is 2.77. The first kappa shape index (κ1) is 12.9. The fourth-order valence-corrected chi connectivity index (χ4v) is 2.04. The molecule has 1 aromatic heterocycles. The second kappa shape index (κ2) is 4.98. The van der Waals surface area contributed by atoms with Gasteiger partial charge in [0.25, 0.3) is 0 Å². The van der Waals surface area contributed by atoms with Crippen LogP contribution in [0.4, 0.5) is 5.69 Å². The molecule has 2 rings (SSSR count). The molecule has 0 bridgehead atoms. The van der Waals surface area contributed by atoms with E-state index in [-0.39, 0.29) is 0 Å². The normalized spacial score (nSPS) is 10.9. The third kappa shape index (κ3) is 2.20. The number of anilines is 1. The van der Waals surface area contributed by atoms with Gasteiger partial charge in [-0.2, -0.15) is 5.10 Å². The summed E-state index contributed by atoms with van der Waals surface area (Å²) in [5, 5.41) is 5.05. The molecular formula is C13H17ClN4. The third-order valence-corrected chi connectivity index (χ3v) is 3.22. The van der Waals surface area contributed by atoms with E-state index in [9.17, 15) is 0 Å². The minimum atomic E-state index is 0.547. The number of nitrogens with two attached hydrogens (primary N) is 1. The summed E-state index contributed by atoms with van der Waals surface area (Å²) < 4.78 is 1.86. The fraction of sp³-hybridized carbons (Fsp3) is 0.385. The van der Waals surface area contributed by atoms with Crippen molar-refractivity contribution in [1.82, 2.24) is 14.8 Å². The molecule has 0 saturated carbocycles. The number of hydrogen-bond acceptors (Lipinski definition) is 3. The molecule has 0 radical (unpaired) electrons. The van der Waals surface area contributed by atoms with Crippen molar-refractivity contribution >= 4 is 17.3 Å². The molecule has 0 spiro atoms. The van der Waals surface area contributed by atoms with Crippen LogP contribution in [-0.2, 0) is 12.8 Å². The van der Waals surface area contributed by atoms with Crippen molar-refractivity contribution in [1.29, 1.82) is 0 Å². The number of halogens is 1. The van der Waals surface area contributed by atoms with Crippen LogP contribution in [0.3, 0.4) is 0 Å². The van der Waals surface area contributed by atoms with E-state index in [4.69, 9.17) is 17.3 Å². The Kier molecular flexibility index (Phi) is 3.57. The number of aryl methyl sites for hydroxylation is 3. The van der Waals surface area contributed by atoms with Crippen LogP contribution in [0.25, 0.3) is 5.69 Å². The Labute approximate surface area is 112 Å². The van der Waals surface area contributed by atoms with Gasteiger partial charge in [-0.3, -0.25) is 0 Å². The van der Waals surface area contributed by atoms with Gasteiger partial charge in [0.1, 0.15) is 5.82 Å². The molecule has 1 aromatic carbocycles. The summed E-state index contributed by atoms with van der Waals surface area (Å²) in [6.07, 6.45) is 1.65. The Balaban J connectivity index is 2.60. The van der Waals surface area contributed by atoms with E-state index in [0.29, 0.717) is 10.7 Å². The van der Waals surface area contributed by atoms with Crippen LogP contribution in [0.2, 0.25) is 5.02 Å². The molecule has 2 aromatic rings. The maximum atomic E-state index is 6.09. The number of hydrogen-bond donors (Lipinski definition) is 1. The molecule has 0 aliphatic heterocycles. The van der Waals surface area contributed by atoms with E-state index in [2.05, 4.69) is 17.0 Å². The van der Waals surface area contributed by atoms with Crippen molar-refractivity contribution in [3.8, 4) is 5.69 Å². The number of aromatic nitrogens is 3. The molecule has 4 nitrogen and oxygen atoms in total. The lowest BCUT2D eigenvalue weighted by Gasteiger charge is -2.10. The summed E-state index contributed by atoms with van der Waals surface area (Å²) in [6.45, 7) is 6.10. The Morgan fingerprint density at radius 2 is 2.00 bits per heavy atom. The van der Waals surface area contributed by atoms with Crippen LogP contribution in [-0.4, -0.2) is 14.8 Å². The highest BCUT2D eigenvalue weighted by atomic mass is 35.5. The topological polar surface area (TPSA) is 56.7 Å².